The fourth-order valence-corrected chi connectivity index (χ4v) is 4.48. The first kappa shape index (κ1) is 35.8. The predicted molar refractivity (Wildman–Crippen MR) is 142 cm³/mol. The first-order chi connectivity index (χ1) is 19.0. The summed E-state index contributed by atoms with van der Waals surface area (Å²) in [5.41, 5.74) is 10.2. The Hall–Kier alpha value is -3.41. The van der Waals surface area contributed by atoms with E-state index < -0.39 is 73.4 Å². The van der Waals surface area contributed by atoms with E-state index in [9.17, 15) is 30.0 Å². The van der Waals surface area contributed by atoms with E-state index >= 15 is 0 Å². The number of ether oxygens (including phenoxy) is 2. The number of aromatic amines is 2. The number of nitrogens with two attached hydrogens (primary N) is 4. The largest absolute Gasteiger partial charge is 2.00 e. The minimum Gasteiger partial charge on any atom is -0.693 e. The van der Waals surface area contributed by atoms with Gasteiger partial charge in [0.15, 0.2) is 34.8 Å². The number of H-pyrrole nitrogens is 2. The molecular formula is C20H30N12O10Pt. The molecule has 0 bridgehead atoms. The molecule has 0 radical (unpaired) electrons. The third-order valence-electron chi connectivity index (χ3n) is 6.48. The summed E-state index contributed by atoms with van der Waals surface area (Å²) in [5, 5.41) is 57.5. The van der Waals surface area contributed by atoms with E-state index in [0.29, 0.717) is 0 Å². The van der Waals surface area contributed by atoms with Crippen LogP contribution in [0.25, 0.3) is 34.6 Å². The number of hydrogen-bond donors (Lipinski definition) is 10. The third-order valence-corrected chi connectivity index (χ3v) is 6.48. The molecule has 0 saturated carbocycles. The van der Waals surface area contributed by atoms with Crippen LogP contribution in [-0.4, -0.2) is 120 Å². The van der Waals surface area contributed by atoms with Gasteiger partial charge >= 0.3 is 21.1 Å². The molecule has 0 aromatic carbocycles. The van der Waals surface area contributed by atoms with Gasteiger partial charge in [0.1, 0.15) is 36.6 Å². The van der Waals surface area contributed by atoms with Crippen molar-refractivity contribution in [1.82, 2.24) is 39.0 Å². The van der Waals surface area contributed by atoms with Gasteiger partial charge in [0.25, 0.3) is 11.1 Å². The molecule has 2 aliphatic rings. The monoisotopic (exact) mass is 793 g/mol. The van der Waals surface area contributed by atoms with Crippen molar-refractivity contribution >= 4 is 34.2 Å². The van der Waals surface area contributed by atoms with E-state index in [-0.39, 0.29) is 67.6 Å². The van der Waals surface area contributed by atoms with E-state index in [1.165, 1.54) is 21.8 Å². The summed E-state index contributed by atoms with van der Waals surface area (Å²) < 4.78 is 13.3. The van der Waals surface area contributed by atoms with Gasteiger partial charge in [-0.25, -0.2) is 9.97 Å². The SMILES string of the molecule is Nc1nc2c(ncn2C2OC(CO)C(O)C2O)c(=O)[nH]1.Nc1nc2c(ncn2C2OC(CO)C(O)C2O)c(=O)[nH]1.[NH2-].[NH2-].[Pt+2]. The van der Waals surface area contributed by atoms with Crippen LogP contribution in [0, 0.1) is 0 Å². The van der Waals surface area contributed by atoms with Gasteiger partial charge in [-0.1, -0.05) is 0 Å². The van der Waals surface area contributed by atoms with Crippen LogP contribution >= 0.6 is 0 Å². The smallest absolute Gasteiger partial charge is 0.693 e. The molecule has 4 aromatic rings. The fraction of sp³-hybridized carbons (Fsp3) is 0.500. The average Bonchev–Trinajstić information content (AvgIpc) is 3.66. The number of nitrogen functional groups attached to an aromatic ring is 2. The van der Waals surface area contributed by atoms with Crippen molar-refractivity contribution in [3.05, 3.63) is 45.7 Å². The van der Waals surface area contributed by atoms with Gasteiger partial charge in [-0.2, -0.15) is 9.97 Å². The zero-order valence-corrected chi connectivity index (χ0v) is 24.1. The number of anilines is 2. The summed E-state index contributed by atoms with van der Waals surface area (Å²) in [4.78, 5) is 43.5. The Bertz CT molecular complexity index is 1520. The molecule has 4 aromatic heterocycles. The zero-order valence-electron chi connectivity index (χ0n) is 21.8. The molecule has 43 heavy (non-hydrogen) atoms. The van der Waals surface area contributed by atoms with Crippen molar-refractivity contribution < 1.29 is 61.2 Å². The van der Waals surface area contributed by atoms with Crippen LogP contribution in [0.2, 0.25) is 0 Å². The molecule has 2 aliphatic heterocycles. The molecule has 0 spiro atoms. The maximum Gasteiger partial charge on any atom is 2.00 e. The van der Waals surface area contributed by atoms with Crippen LogP contribution in [0.15, 0.2) is 22.2 Å². The van der Waals surface area contributed by atoms with Crippen molar-refractivity contribution in [1.29, 1.82) is 0 Å². The van der Waals surface area contributed by atoms with E-state index in [2.05, 4.69) is 29.9 Å². The van der Waals surface area contributed by atoms with E-state index in [4.69, 9.17) is 31.2 Å². The van der Waals surface area contributed by atoms with Crippen molar-refractivity contribution in [2.45, 2.75) is 49.1 Å². The summed E-state index contributed by atoms with van der Waals surface area (Å²) in [6.45, 7) is -0.894. The number of nitrogens with zero attached hydrogens (tertiary/aromatic N) is 6. The van der Waals surface area contributed by atoms with Gasteiger partial charge in [-0.15, -0.1) is 0 Å². The van der Waals surface area contributed by atoms with E-state index in [1.807, 2.05) is 0 Å². The summed E-state index contributed by atoms with van der Waals surface area (Å²) in [6.07, 6.45) is -6.43. The Morgan fingerprint density at radius 3 is 1.37 bits per heavy atom. The number of aromatic nitrogens is 8. The number of imidazole rings is 2. The molecule has 8 unspecified atom stereocenters. The van der Waals surface area contributed by atoms with Crippen LogP contribution < -0.4 is 22.6 Å². The molecule has 0 aliphatic carbocycles. The minimum absolute atomic E-state index is 0. The van der Waals surface area contributed by atoms with Gasteiger partial charge < -0.3 is 63.9 Å². The average molecular weight is 794 g/mol. The second-order valence-electron chi connectivity index (χ2n) is 9.01. The van der Waals surface area contributed by atoms with E-state index in [1.54, 1.807) is 0 Å². The van der Waals surface area contributed by atoms with Crippen LogP contribution in [0.1, 0.15) is 12.5 Å². The van der Waals surface area contributed by atoms with Crippen LogP contribution in [0.4, 0.5) is 11.9 Å². The molecule has 8 atom stereocenters. The van der Waals surface area contributed by atoms with Gasteiger partial charge in [-0.3, -0.25) is 28.7 Å². The van der Waals surface area contributed by atoms with Crippen LogP contribution in [-0.2, 0) is 30.5 Å². The van der Waals surface area contributed by atoms with E-state index in [0.717, 1.165) is 0 Å². The van der Waals surface area contributed by atoms with Crippen LogP contribution in [0.5, 0.6) is 0 Å². The Kier molecular flexibility index (Phi) is 11.6. The molecule has 6 rings (SSSR count). The number of nitrogens with one attached hydrogen (secondary N) is 2. The standard InChI is InChI=1S/2C10H13N5O5.2H2N.Pt/c2*11-10-13-7-4(8(19)14-10)12-2-15(7)9-6(18)5(17)3(1-16)20-9;;;/h2*2-3,5-6,9,16-18H,1H2,(H3,11,13,14,19);2*1H2;/q;;2*-1;+2. The number of aliphatic hydroxyl groups excluding tert-OH is 6. The number of hydrogen-bond acceptors (Lipinski definition) is 16. The topological polar surface area (TPSA) is 386 Å². The van der Waals surface area contributed by atoms with Gasteiger partial charge in [0, 0.05) is 0 Å². The first-order valence-electron chi connectivity index (χ1n) is 11.7. The van der Waals surface area contributed by atoms with Gasteiger partial charge in [-0.05, 0) is 0 Å². The molecular weight excluding hydrogens is 763 g/mol. The number of aliphatic hydroxyl groups is 6. The summed E-state index contributed by atoms with van der Waals surface area (Å²) >= 11 is 0. The molecule has 2 saturated heterocycles. The number of fused-ring (bicyclic) bond motifs is 2. The summed E-state index contributed by atoms with van der Waals surface area (Å²) in [6, 6.07) is 0. The molecule has 16 N–H and O–H groups in total. The first-order valence-corrected chi connectivity index (χ1v) is 11.7. The van der Waals surface area contributed by atoms with Gasteiger partial charge in [0.2, 0.25) is 11.9 Å². The maximum atomic E-state index is 11.7. The summed E-state index contributed by atoms with van der Waals surface area (Å²) in [5.74, 6) is -0.202. The second-order valence-corrected chi connectivity index (χ2v) is 9.01. The second kappa shape index (κ2) is 13.9. The Labute approximate surface area is 253 Å². The van der Waals surface area contributed by atoms with Gasteiger partial charge in [0.05, 0.1) is 25.9 Å². The minimum atomic E-state index is -1.29. The predicted octanol–water partition coefficient (Wildman–Crippen LogP) is -3.94. The van der Waals surface area contributed by atoms with Crippen molar-refractivity contribution in [3.63, 3.8) is 0 Å². The zero-order chi connectivity index (χ0) is 28.9. The quantitative estimate of drug-likeness (QED) is 0.0943. The molecule has 23 heteroatoms. The molecule has 0 amide bonds. The third kappa shape index (κ3) is 6.30. The maximum absolute atomic E-state index is 11.7. The molecule has 22 nitrogen and oxygen atoms in total. The van der Waals surface area contributed by atoms with Crippen molar-refractivity contribution in [3.8, 4) is 0 Å². The molecule has 240 valence electrons. The number of rotatable bonds is 4. The molecule has 2 fully saturated rings. The van der Waals surface area contributed by atoms with Crippen molar-refractivity contribution in [2.24, 2.45) is 0 Å². The van der Waals surface area contributed by atoms with Crippen LogP contribution in [0.3, 0.4) is 0 Å². The fourth-order valence-electron chi connectivity index (χ4n) is 4.48. The normalized spacial score (nSPS) is 28.0. The Morgan fingerprint density at radius 1 is 0.721 bits per heavy atom. The van der Waals surface area contributed by atoms with Crippen molar-refractivity contribution in [2.75, 3.05) is 24.7 Å². The Balaban J connectivity index is 0.000000281. The molecule has 6 heterocycles. The summed E-state index contributed by atoms with van der Waals surface area (Å²) in [7, 11) is 0. The Morgan fingerprint density at radius 2 is 1.07 bits per heavy atom.